The molecule has 0 unspecified atom stereocenters. The lowest BCUT2D eigenvalue weighted by Gasteiger charge is -2.38. The quantitative estimate of drug-likeness (QED) is 0.460. The van der Waals surface area contributed by atoms with E-state index in [1.807, 2.05) is 33.5 Å². The van der Waals surface area contributed by atoms with Crippen molar-refractivity contribution in [3.05, 3.63) is 65.8 Å². The molecule has 3 heterocycles. The average Bonchev–Trinajstić information content (AvgIpc) is 3.38. The zero-order valence-electron chi connectivity index (χ0n) is 17.5. The van der Waals surface area contributed by atoms with Crippen molar-refractivity contribution in [3.8, 4) is 0 Å². The lowest BCUT2D eigenvalue weighted by molar-refractivity contribution is -0.134. The Hall–Kier alpha value is -3.20. The number of carbonyl (C=O) groups is 3. The largest absolute Gasteiger partial charge is 0.350 e. The minimum Gasteiger partial charge on any atom is -0.350 e. The maximum absolute atomic E-state index is 12.9. The van der Waals surface area contributed by atoms with Gasteiger partial charge in [-0.3, -0.25) is 14.4 Å². The van der Waals surface area contributed by atoms with E-state index in [2.05, 4.69) is 32.8 Å². The summed E-state index contributed by atoms with van der Waals surface area (Å²) in [6, 6.07) is 5.70. The van der Waals surface area contributed by atoms with E-state index in [4.69, 9.17) is 0 Å². The Morgan fingerprint density at radius 3 is 2.81 bits per heavy atom. The predicted molar refractivity (Wildman–Crippen MR) is 124 cm³/mol. The first kappa shape index (κ1) is 22.0. The third-order valence-corrected chi connectivity index (χ3v) is 6.10. The summed E-state index contributed by atoms with van der Waals surface area (Å²) in [5.41, 5.74) is 1.37. The molecule has 1 aromatic carbocycles. The van der Waals surface area contributed by atoms with E-state index in [1.54, 1.807) is 23.6 Å². The normalized spacial score (nSPS) is 13.7. The Morgan fingerprint density at radius 1 is 1.28 bits per heavy atom. The molecule has 32 heavy (non-hydrogen) atoms. The van der Waals surface area contributed by atoms with Crippen LogP contribution in [0, 0.1) is 5.92 Å². The summed E-state index contributed by atoms with van der Waals surface area (Å²) < 4.78 is 4.59. The molecule has 3 aromatic rings. The monoisotopic (exact) mass is 497 g/mol. The van der Waals surface area contributed by atoms with Crippen molar-refractivity contribution in [3.63, 3.8) is 0 Å². The first-order valence-electron chi connectivity index (χ1n) is 10.4. The van der Waals surface area contributed by atoms with Crippen molar-refractivity contribution in [2.45, 2.75) is 19.5 Å². The first-order chi connectivity index (χ1) is 15.4. The highest BCUT2D eigenvalue weighted by molar-refractivity contribution is 9.10. The number of imidazole rings is 1. The molecule has 1 fully saturated rings. The van der Waals surface area contributed by atoms with Crippen LogP contribution in [0.15, 0.2) is 60.2 Å². The van der Waals surface area contributed by atoms with E-state index in [1.165, 1.54) is 6.08 Å². The zero-order chi connectivity index (χ0) is 22.7. The summed E-state index contributed by atoms with van der Waals surface area (Å²) in [7, 11) is 0. The van der Waals surface area contributed by atoms with Crippen molar-refractivity contribution < 1.29 is 14.4 Å². The number of ketones is 1. The zero-order valence-corrected chi connectivity index (χ0v) is 19.1. The molecule has 9 heteroatoms. The van der Waals surface area contributed by atoms with Gasteiger partial charge in [0.05, 0.1) is 18.4 Å². The summed E-state index contributed by atoms with van der Waals surface area (Å²) in [5.74, 6) is -0.0303. The van der Waals surface area contributed by atoms with E-state index in [0.717, 1.165) is 15.4 Å². The number of rotatable bonds is 9. The molecule has 1 N–H and O–H groups in total. The van der Waals surface area contributed by atoms with Crippen molar-refractivity contribution >= 4 is 44.4 Å². The molecule has 4 rings (SSSR count). The van der Waals surface area contributed by atoms with Crippen LogP contribution in [0.1, 0.15) is 16.8 Å². The first-order valence-corrected chi connectivity index (χ1v) is 11.2. The number of hydrogen-bond donors (Lipinski definition) is 1. The van der Waals surface area contributed by atoms with Gasteiger partial charge in [-0.1, -0.05) is 22.5 Å². The van der Waals surface area contributed by atoms with Crippen LogP contribution in [-0.4, -0.2) is 56.2 Å². The second-order valence-corrected chi connectivity index (χ2v) is 8.86. The molecule has 0 saturated carbocycles. The number of Topliss-reactive ketones (excluding diaryl/α,β-unsaturated/α-hetero) is 1. The fourth-order valence-corrected chi connectivity index (χ4v) is 4.34. The van der Waals surface area contributed by atoms with Gasteiger partial charge in [-0.15, -0.1) is 0 Å². The summed E-state index contributed by atoms with van der Waals surface area (Å²) in [5, 5.41) is 3.73. The SMILES string of the molecule is C=CC(=O)N1CC(CC(=O)Cn2cc(C(=O)NCCn3ccnc3)c3cc(Br)ccc32)C1. The maximum atomic E-state index is 12.9. The van der Waals surface area contributed by atoms with Crippen LogP contribution < -0.4 is 5.32 Å². The summed E-state index contributed by atoms with van der Waals surface area (Å²) in [6.45, 7) is 5.93. The Labute approximate surface area is 194 Å². The molecule has 0 aliphatic carbocycles. The second kappa shape index (κ2) is 9.52. The average molecular weight is 498 g/mol. The smallest absolute Gasteiger partial charge is 0.253 e. The van der Waals surface area contributed by atoms with Gasteiger partial charge in [0, 0.05) is 72.5 Å². The van der Waals surface area contributed by atoms with Gasteiger partial charge in [-0.2, -0.15) is 0 Å². The van der Waals surface area contributed by atoms with Crippen molar-refractivity contribution in [1.29, 1.82) is 0 Å². The van der Waals surface area contributed by atoms with Gasteiger partial charge >= 0.3 is 0 Å². The number of amides is 2. The summed E-state index contributed by atoms with van der Waals surface area (Å²) in [6.07, 6.45) is 8.69. The van der Waals surface area contributed by atoms with E-state index < -0.39 is 0 Å². The molecule has 1 aliphatic heterocycles. The standard InChI is InChI=1S/C23H24BrN5O3/c1-2-22(31)29-11-16(12-29)9-18(30)13-28-14-20(19-10-17(24)3-4-21(19)28)23(32)26-6-8-27-7-5-25-15-27/h2-5,7,10,14-16H,1,6,8-9,11-13H2,(H,26,32). The summed E-state index contributed by atoms with van der Waals surface area (Å²) in [4.78, 5) is 42.8. The Balaban J connectivity index is 1.43. The topological polar surface area (TPSA) is 89.2 Å². The molecular formula is C23H24BrN5O3. The highest BCUT2D eigenvalue weighted by Gasteiger charge is 2.30. The number of nitrogens with one attached hydrogen (secondary N) is 1. The van der Waals surface area contributed by atoms with Crippen molar-refractivity contribution in [2.75, 3.05) is 19.6 Å². The van der Waals surface area contributed by atoms with Crippen LogP contribution in [0.25, 0.3) is 10.9 Å². The molecule has 0 spiro atoms. The molecule has 0 bridgehead atoms. The van der Waals surface area contributed by atoms with Crippen molar-refractivity contribution in [1.82, 2.24) is 24.3 Å². The fourth-order valence-electron chi connectivity index (χ4n) is 3.98. The third-order valence-electron chi connectivity index (χ3n) is 5.61. The van der Waals surface area contributed by atoms with Crippen LogP contribution in [0.4, 0.5) is 0 Å². The van der Waals surface area contributed by atoms with E-state index in [-0.39, 0.29) is 30.1 Å². The Bertz CT molecular complexity index is 1160. The van der Waals surface area contributed by atoms with Gasteiger partial charge in [0.25, 0.3) is 5.91 Å². The predicted octanol–water partition coefficient (Wildman–Crippen LogP) is 2.63. The number of nitrogens with zero attached hydrogens (tertiary/aromatic N) is 4. The number of halogens is 1. The van der Waals surface area contributed by atoms with Gasteiger partial charge in [-0.25, -0.2) is 4.98 Å². The third kappa shape index (κ3) is 4.83. The van der Waals surface area contributed by atoms with E-state index in [9.17, 15) is 14.4 Å². The minimum atomic E-state index is -0.183. The van der Waals surface area contributed by atoms with Gasteiger partial charge in [-0.05, 0) is 24.3 Å². The number of carbonyl (C=O) groups excluding carboxylic acids is 3. The molecule has 1 aliphatic rings. The van der Waals surface area contributed by atoms with Gasteiger partial charge in [0.15, 0.2) is 5.78 Å². The molecule has 0 radical (unpaired) electrons. The van der Waals surface area contributed by atoms with Crippen LogP contribution in [0.3, 0.4) is 0 Å². The van der Waals surface area contributed by atoms with Gasteiger partial charge in [0.1, 0.15) is 0 Å². The molecule has 2 aromatic heterocycles. The molecule has 0 atom stereocenters. The number of fused-ring (bicyclic) bond motifs is 1. The van der Waals surface area contributed by atoms with E-state index in [0.29, 0.717) is 38.2 Å². The molecule has 8 nitrogen and oxygen atoms in total. The van der Waals surface area contributed by atoms with Crippen LogP contribution in [-0.2, 0) is 22.7 Å². The molecule has 2 amide bonds. The fraction of sp³-hybridized carbons (Fsp3) is 0.304. The number of aromatic nitrogens is 3. The van der Waals surface area contributed by atoms with E-state index >= 15 is 0 Å². The maximum Gasteiger partial charge on any atom is 0.253 e. The molecule has 166 valence electrons. The Morgan fingerprint density at radius 2 is 2.09 bits per heavy atom. The van der Waals surface area contributed by atoms with Gasteiger partial charge < -0.3 is 19.4 Å². The highest BCUT2D eigenvalue weighted by Crippen LogP contribution is 2.26. The van der Waals surface area contributed by atoms with Crippen molar-refractivity contribution in [2.24, 2.45) is 5.92 Å². The molecule has 1 saturated heterocycles. The Kier molecular flexibility index (Phi) is 6.55. The lowest BCUT2D eigenvalue weighted by atomic mass is 9.94. The van der Waals surface area contributed by atoms with Crippen LogP contribution >= 0.6 is 15.9 Å². The van der Waals surface area contributed by atoms with Crippen LogP contribution in [0.2, 0.25) is 0 Å². The lowest BCUT2D eigenvalue weighted by Crippen LogP contribution is -2.50. The second-order valence-electron chi connectivity index (χ2n) is 7.94. The number of hydrogen-bond acceptors (Lipinski definition) is 4. The summed E-state index contributed by atoms with van der Waals surface area (Å²) >= 11 is 3.47. The molecular weight excluding hydrogens is 474 g/mol. The number of benzene rings is 1. The number of likely N-dealkylation sites (tertiary alicyclic amines) is 1. The minimum absolute atomic E-state index is 0.0765. The van der Waals surface area contributed by atoms with Crippen LogP contribution in [0.5, 0.6) is 0 Å². The van der Waals surface area contributed by atoms with Gasteiger partial charge in [0.2, 0.25) is 5.91 Å². The highest BCUT2D eigenvalue weighted by atomic mass is 79.9.